The van der Waals surface area contributed by atoms with Crippen molar-refractivity contribution in [1.82, 2.24) is 13.9 Å². The Morgan fingerprint density at radius 1 is 1.16 bits per heavy atom. The van der Waals surface area contributed by atoms with E-state index in [1.807, 2.05) is 52.6 Å². The lowest BCUT2D eigenvalue weighted by Crippen LogP contribution is -2.42. The van der Waals surface area contributed by atoms with E-state index in [0.717, 1.165) is 47.5 Å². The molecule has 0 aliphatic carbocycles. The van der Waals surface area contributed by atoms with E-state index in [2.05, 4.69) is 19.1 Å². The highest BCUT2D eigenvalue weighted by molar-refractivity contribution is 7.73. The third-order valence-corrected chi connectivity index (χ3v) is 7.69. The zero-order valence-electron chi connectivity index (χ0n) is 18.2. The molecule has 32 heavy (non-hydrogen) atoms. The molecule has 0 N–H and O–H groups in total. The molecule has 0 bridgehead atoms. The summed E-state index contributed by atoms with van der Waals surface area (Å²) < 4.78 is 4.25. The van der Waals surface area contributed by atoms with Gasteiger partial charge in [0.1, 0.15) is 12.2 Å². The minimum atomic E-state index is -0.153. The molecule has 0 saturated carbocycles. The van der Waals surface area contributed by atoms with Crippen LogP contribution in [0, 0.1) is 16.8 Å². The molecule has 1 fully saturated rings. The maximum Gasteiger partial charge on any atom is 0.262 e. The summed E-state index contributed by atoms with van der Waals surface area (Å²) in [6, 6.07) is 15.7. The number of fused-ring (bicyclic) bond motifs is 3. The fraction of sp³-hybridized carbons (Fsp3) is 0.320. The Kier molecular flexibility index (Phi) is 5.47. The number of aromatic nitrogens is 2. The van der Waals surface area contributed by atoms with Crippen molar-refractivity contribution in [1.29, 1.82) is 0 Å². The molecule has 1 aliphatic rings. The number of nitrogens with zero attached hydrogens (tertiary/aromatic N) is 3. The van der Waals surface area contributed by atoms with Crippen LogP contribution in [0.4, 0.5) is 0 Å². The molecule has 1 amide bonds. The Labute approximate surface area is 195 Å². The normalized spacial score (nSPS) is 16.7. The lowest BCUT2D eigenvalue weighted by Gasteiger charge is -2.31. The predicted octanol–water partition coefficient (Wildman–Crippen LogP) is 5.28. The number of carbonyl (C=O) groups excluding carboxylic acids is 1. The monoisotopic (exact) mass is 463 g/mol. The summed E-state index contributed by atoms with van der Waals surface area (Å²) in [6.07, 6.45) is 2.15. The number of aryl methyl sites for hydroxylation is 1. The maximum atomic E-state index is 13.6. The van der Waals surface area contributed by atoms with Gasteiger partial charge in [-0.25, -0.2) is 0 Å². The van der Waals surface area contributed by atoms with Crippen LogP contribution in [0.25, 0.3) is 27.0 Å². The highest BCUT2D eigenvalue weighted by Gasteiger charge is 2.24. The van der Waals surface area contributed by atoms with E-state index in [1.54, 1.807) is 4.57 Å². The topological polar surface area (TPSA) is 46.7 Å². The molecule has 1 atom stereocenters. The average molecular weight is 464 g/mol. The number of rotatable bonds is 3. The van der Waals surface area contributed by atoms with Crippen LogP contribution in [0.15, 0.2) is 53.3 Å². The molecule has 2 aromatic heterocycles. The standard InChI is InChI=1S/C25H25N3O2S2/c1-16-9-11-18(12-10-16)22-23-27(15-21(29)26-13-5-6-17(2)14-26)24(30)19-7-3-4-8-20(19)28(23)25(31)32-22/h3-4,7-12,17H,5-6,13-15H2,1-2H3. The van der Waals surface area contributed by atoms with Crippen LogP contribution in [0.1, 0.15) is 25.3 Å². The first-order valence-corrected chi connectivity index (χ1v) is 12.2. The first kappa shape index (κ1) is 21.1. The van der Waals surface area contributed by atoms with Crippen LogP contribution >= 0.6 is 23.6 Å². The third-order valence-electron chi connectivity index (χ3n) is 6.28. The Balaban J connectivity index is 1.75. The van der Waals surface area contributed by atoms with Gasteiger partial charge in [-0.1, -0.05) is 48.9 Å². The van der Waals surface area contributed by atoms with Crippen molar-refractivity contribution >= 4 is 46.0 Å². The molecule has 1 unspecified atom stereocenters. The molecule has 5 rings (SSSR count). The van der Waals surface area contributed by atoms with Gasteiger partial charge in [0.25, 0.3) is 5.56 Å². The van der Waals surface area contributed by atoms with Gasteiger partial charge in [-0.05, 0) is 55.6 Å². The molecule has 1 saturated heterocycles. The second-order valence-corrected chi connectivity index (χ2v) is 10.4. The van der Waals surface area contributed by atoms with Gasteiger partial charge >= 0.3 is 0 Å². The molecule has 2 aromatic carbocycles. The van der Waals surface area contributed by atoms with Gasteiger partial charge in [0.15, 0.2) is 3.95 Å². The Morgan fingerprint density at radius 2 is 1.91 bits per heavy atom. The summed E-state index contributed by atoms with van der Waals surface area (Å²) in [6.45, 7) is 5.74. The van der Waals surface area contributed by atoms with Crippen molar-refractivity contribution in [3.05, 3.63) is 68.4 Å². The van der Waals surface area contributed by atoms with Gasteiger partial charge in [-0.3, -0.25) is 18.6 Å². The molecule has 5 nitrogen and oxygen atoms in total. The van der Waals surface area contributed by atoms with E-state index in [1.165, 1.54) is 11.3 Å². The van der Waals surface area contributed by atoms with Crippen molar-refractivity contribution in [2.45, 2.75) is 33.2 Å². The third kappa shape index (κ3) is 3.59. The maximum absolute atomic E-state index is 13.6. The van der Waals surface area contributed by atoms with Gasteiger partial charge in [0.05, 0.1) is 15.8 Å². The van der Waals surface area contributed by atoms with E-state index < -0.39 is 0 Å². The fourth-order valence-corrected chi connectivity index (χ4v) is 6.04. The molecular formula is C25H25N3O2S2. The largest absolute Gasteiger partial charge is 0.341 e. The van der Waals surface area contributed by atoms with Crippen LogP contribution in [-0.4, -0.2) is 32.9 Å². The second-order valence-electron chi connectivity index (χ2n) is 8.72. The van der Waals surface area contributed by atoms with Gasteiger partial charge < -0.3 is 4.90 Å². The van der Waals surface area contributed by atoms with Crippen molar-refractivity contribution in [3.63, 3.8) is 0 Å². The van der Waals surface area contributed by atoms with Crippen LogP contribution in [0.2, 0.25) is 0 Å². The Hall–Kier alpha value is -2.77. The summed E-state index contributed by atoms with van der Waals surface area (Å²) in [4.78, 5) is 29.7. The zero-order valence-corrected chi connectivity index (χ0v) is 19.8. The smallest absolute Gasteiger partial charge is 0.262 e. The molecule has 1 aliphatic heterocycles. The van der Waals surface area contributed by atoms with Crippen molar-refractivity contribution < 1.29 is 4.79 Å². The Morgan fingerprint density at radius 3 is 2.66 bits per heavy atom. The van der Waals surface area contributed by atoms with Gasteiger partial charge in [-0.15, -0.1) is 11.3 Å². The van der Waals surface area contributed by atoms with Crippen molar-refractivity contribution in [2.24, 2.45) is 5.92 Å². The summed E-state index contributed by atoms with van der Waals surface area (Å²) >= 11 is 7.24. The molecule has 164 valence electrons. The van der Waals surface area contributed by atoms with Gasteiger partial charge in [-0.2, -0.15) is 0 Å². The summed E-state index contributed by atoms with van der Waals surface area (Å²) in [5.74, 6) is 0.474. The first-order valence-electron chi connectivity index (χ1n) is 11.0. The first-order chi connectivity index (χ1) is 15.4. The quantitative estimate of drug-likeness (QED) is 0.389. The number of carbonyl (C=O) groups is 1. The lowest BCUT2D eigenvalue weighted by atomic mass is 10.0. The molecule has 0 spiro atoms. The van der Waals surface area contributed by atoms with Crippen LogP contribution in [0.3, 0.4) is 0 Å². The number of likely N-dealkylation sites (tertiary alicyclic amines) is 1. The van der Waals surface area contributed by atoms with E-state index in [9.17, 15) is 9.59 Å². The minimum Gasteiger partial charge on any atom is -0.341 e. The van der Waals surface area contributed by atoms with Crippen molar-refractivity contribution in [3.8, 4) is 10.4 Å². The Bertz CT molecular complexity index is 1450. The SMILES string of the molecule is Cc1ccc(-c2sc(=S)n3c4ccccc4c(=O)n(CC(=O)N4CCCC(C)C4)c23)cc1. The van der Waals surface area contributed by atoms with E-state index in [-0.39, 0.29) is 18.0 Å². The number of benzene rings is 2. The number of piperidine rings is 1. The second kappa shape index (κ2) is 8.30. The molecule has 0 radical (unpaired) electrons. The van der Waals surface area contributed by atoms with Crippen molar-refractivity contribution in [2.75, 3.05) is 13.1 Å². The van der Waals surface area contributed by atoms with Crippen LogP contribution in [0.5, 0.6) is 0 Å². The minimum absolute atomic E-state index is 0.0113. The highest BCUT2D eigenvalue weighted by atomic mass is 32.1. The zero-order chi connectivity index (χ0) is 22.4. The molecule has 4 aromatic rings. The lowest BCUT2D eigenvalue weighted by molar-refractivity contribution is -0.133. The van der Waals surface area contributed by atoms with E-state index in [4.69, 9.17) is 12.2 Å². The summed E-state index contributed by atoms with van der Waals surface area (Å²) in [5, 5.41) is 0.573. The summed E-state index contributed by atoms with van der Waals surface area (Å²) in [7, 11) is 0. The number of amides is 1. The number of hydrogen-bond acceptors (Lipinski definition) is 4. The fourth-order valence-electron chi connectivity index (χ4n) is 4.60. The molecule has 3 heterocycles. The molecular weight excluding hydrogens is 438 g/mol. The highest BCUT2D eigenvalue weighted by Crippen LogP contribution is 2.33. The average Bonchev–Trinajstić information content (AvgIpc) is 3.14. The van der Waals surface area contributed by atoms with E-state index >= 15 is 0 Å². The number of para-hydroxylation sites is 1. The van der Waals surface area contributed by atoms with Gasteiger partial charge in [0, 0.05) is 13.1 Å². The van der Waals surface area contributed by atoms with Crippen LogP contribution < -0.4 is 5.56 Å². The number of thiazole rings is 1. The van der Waals surface area contributed by atoms with Gasteiger partial charge in [0.2, 0.25) is 5.91 Å². The predicted molar refractivity (Wildman–Crippen MR) is 133 cm³/mol. The van der Waals surface area contributed by atoms with E-state index in [0.29, 0.717) is 20.9 Å². The molecule has 7 heteroatoms. The number of hydrogen-bond donors (Lipinski definition) is 0. The van der Waals surface area contributed by atoms with Crippen LogP contribution in [-0.2, 0) is 11.3 Å². The summed E-state index contributed by atoms with van der Waals surface area (Å²) in [5.41, 5.74) is 3.49.